The summed E-state index contributed by atoms with van der Waals surface area (Å²) in [6, 6.07) is 19.2. The molecule has 0 saturated heterocycles. The van der Waals surface area contributed by atoms with Crippen molar-refractivity contribution in [1.82, 2.24) is 5.32 Å². The zero-order valence-corrected chi connectivity index (χ0v) is 15.9. The van der Waals surface area contributed by atoms with Gasteiger partial charge >= 0.3 is 0 Å². The van der Waals surface area contributed by atoms with Gasteiger partial charge in [-0.25, -0.2) is 4.39 Å². The Kier molecular flexibility index (Phi) is 5.12. The zero-order valence-electron chi connectivity index (χ0n) is 15.9. The van der Waals surface area contributed by atoms with Crippen molar-refractivity contribution in [3.63, 3.8) is 0 Å². The maximum absolute atomic E-state index is 13.7. The summed E-state index contributed by atoms with van der Waals surface area (Å²) in [6.45, 7) is 1.84. The monoisotopic (exact) mass is 389 g/mol. The molecule has 0 aromatic heterocycles. The standard InChI is InChI=1S/C24H20FNO3/c1-15(27)19-6-2-3-7-20(19)16-10-11-23-17(12-16)13-18(29-23)14-26-24(28)21-8-4-5-9-22(21)25/h2-12,18H,13-14H2,1H3,(H,26,28). The summed E-state index contributed by atoms with van der Waals surface area (Å²) < 4.78 is 19.7. The fraction of sp³-hybridized carbons (Fsp3) is 0.167. The minimum absolute atomic E-state index is 0.0195. The Bertz CT molecular complexity index is 1090. The van der Waals surface area contributed by atoms with Crippen LogP contribution in [0, 0.1) is 5.82 Å². The maximum atomic E-state index is 13.7. The van der Waals surface area contributed by atoms with Crippen LogP contribution in [0.3, 0.4) is 0 Å². The number of carbonyl (C=O) groups is 2. The number of carbonyl (C=O) groups excluding carboxylic acids is 2. The Morgan fingerprint density at radius 2 is 1.76 bits per heavy atom. The first-order chi connectivity index (χ1) is 14.0. The summed E-state index contributed by atoms with van der Waals surface area (Å²) in [6.07, 6.45) is 0.405. The average molecular weight is 389 g/mol. The topological polar surface area (TPSA) is 55.4 Å². The van der Waals surface area contributed by atoms with Crippen molar-refractivity contribution in [3.8, 4) is 16.9 Å². The van der Waals surface area contributed by atoms with Gasteiger partial charge in [0.05, 0.1) is 12.1 Å². The number of fused-ring (bicyclic) bond motifs is 1. The smallest absolute Gasteiger partial charge is 0.254 e. The van der Waals surface area contributed by atoms with E-state index in [0.717, 1.165) is 22.4 Å². The molecule has 1 amide bonds. The van der Waals surface area contributed by atoms with Crippen LogP contribution in [0.2, 0.25) is 0 Å². The van der Waals surface area contributed by atoms with Crippen molar-refractivity contribution in [1.29, 1.82) is 0 Å². The van der Waals surface area contributed by atoms with Crippen LogP contribution in [0.1, 0.15) is 33.2 Å². The van der Waals surface area contributed by atoms with Crippen LogP contribution in [-0.4, -0.2) is 24.3 Å². The van der Waals surface area contributed by atoms with Crippen LogP contribution in [0.4, 0.5) is 4.39 Å². The number of benzene rings is 3. The maximum Gasteiger partial charge on any atom is 0.254 e. The molecule has 1 aliphatic rings. The highest BCUT2D eigenvalue weighted by Gasteiger charge is 2.24. The van der Waals surface area contributed by atoms with Crippen LogP contribution >= 0.6 is 0 Å². The van der Waals surface area contributed by atoms with E-state index in [-0.39, 0.29) is 24.0 Å². The van der Waals surface area contributed by atoms with E-state index in [1.807, 2.05) is 42.5 Å². The number of nitrogens with one attached hydrogen (secondary N) is 1. The van der Waals surface area contributed by atoms with E-state index in [0.29, 0.717) is 12.0 Å². The number of halogens is 1. The molecule has 0 bridgehead atoms. The molecule has 1 aliphatic heterocycles. The molecule has 3 aromatic rings. The summed E-state index contributed by atoms with van der Waals surface area (Å²) in [4.78, 5) is 24.1. The molecule has 3 aromatic carbocycles. The van der Waals surface area contributed by atoms with Gasteiger partial charge in [0.15, 0.2) is 5.78 Å². The van der Waals surface area contributed by atoms with Crippen molar-refractivity contribution < 1.29 is 18.7 Å². The third kappa shape index (κ3) is 3.90. The van der Waals surface area contributed by atoms with Gasteiger partial charge in [-0.3, -0.25) is 9.59 Å². The Labute approximate surface area is 168 Å². The van der Waals surface area contributed by atoms with Gasteiger partial charge in [-0.2, -0.15) is 0 Å². The number of Topliss-reactive ketones (excluding diaryl/α,β-unsaturated/α-hetero) is 1. The van der Waals surface area contributed by atoms with Crippen molar-refractivity contribution in [2.45, 2.75) is 19.4 Å². The lowest BCUT2D eigenvalue weighted by Crippen LogP contribution is -2.34. The average Bonchev–Trinajstić information content (AvgIpc) is 3.14. The third-order valence-corrected chi connectivity index (χ3v) is 5.03. The van der Waals surface area contributed by atoms with Gasteiger partial charge in [0.2, 0.25) is 0 Å². The van der Waals surface area contributed by atoms with E-state index in [1.165, 1.54) is 12.1 Å². The predicted octanol–water partition coefficient (Wildman–Crippen LogP) is 4.43. The second kappa shape index (κ2) is 7.87. The number of rotatable bonds is 5. The number of ketones is 1. The van der Waals surface area contributed by atoms with E-state index in [9.17, 15) is 14.0 Å². The first kappa shape index (κ1) is 18.9. The molecular formula is C24H20FNO3. The van der Waals surface area contributed by atoms with Gasteiger partial charge in [-0.15, -0.1) is 0 Å². The highest BCUT2D eigenvalue weighted by Crippen LogP contribution is 2.34. The molecule has 0 radical (unpaired) electrons. The predicted molar refractivity (Wildman–Crippen MR) is 109 cm³/mol. The van der Waals surface area contributed by atoms with Crippen LogP contribution in [0.15, 0.2) is 66.7 Å². The minimum Gasteiger partial charge on any atom is -0.488 e. The summed E-state index contributed by atoms with van der Waals surface area (Å²) in [5.74, 6) is -0.224. The lowest BCUT2D eigenvalue weighted by Gasteiger charge is -2.12. The molecular weight excluding hydrogens is 369 g/mol. The number of hydrogen-bond donors (Lipinski definition) is 1. The summed E-state index contributed by atoms with van der Waals surface area (Å²) in [5.41, 5.74) is 3.56. The summed E-state index contributed by atoms with van der Waals surface area (Å²) >= 11 is 0. The van der Waals surface area contributed by atoms with Gasteiger partial charge < -0.3 is 10.1 Å². The van der Waals surface area contributed by atoms with Crippen molar-refractivity contribution >= 4 is 11.7 Å². The van der Waals surface area contributed by atoms with Crippen LogP contribution in [-0.2, 0) is 6.42 Å². The summed E-state index contributed by atoms with van der Waals surface area (Å²) in [7, 11) is 0. The second-order valence-corrected chi connectivity index (χ2v) is 7.06. The molecule has 0 fully saturated rings. The molecule has 146 valence electrons. The number of ether oxygens (including phenoxy) is 1. The second-order valence-electron chi connectivity index (χ2n) is 7.06. The SMILES string of the molecule is CC(=O)c1ccccc1-c1ccc2c(c1)CC(CNC(=O)c1ccccc1F)O2. The summed E-state index contributed by atoms with van der Waals surface area (Å²) in [5, 5.41) is 2.74. The van der Waals surface area contributed by atoms with Gasteiger partial charge in [-0.1, -0.05) is 42.5 Å². The van der Waals surface area contributed by atoms with E-state index in [4.69, 9.17) is 4.74 Å². The zero-order chi connectivity index (χ0) is 20.4. The quantitative estimate of drug-likeness (QED) is 0.657. The Balaban J connectivity index is 1.46. The van der Waals surface area contributed by atoms with E-state index in [1.54, 1.807) is 19.1 Å². The lowest BCUT2D eigenvalue weighted by atomic mass is 9.95. The molecule has 1 heterocycles. The molecule has 4 rings (SSSR count). The van der Waals surface area contributed by atoms with Gasteiger partial charge in [0, 0.05) is 12.0 Å². The number of amides is 1. The van der Waals surface area contributed by atoms with Crippen LogP contribution in [0.5, 0.6) is 5.75 Å². The van der Waals surface area contributed by atoms with Gasteiger partial charge in [-0.05, 0) is 47.9 Å². The molecule has 1 atom stereocenters. The molecule has 1 N–H and O–H groups in total. The molecule has 1 unspecified atom stereocenters. The third-order valence-electron chi connectivity index (χ3n) is 5.03. The Hall–Kier alpha value is -3.47. The molecule has 0 saturated carbocycles. The van der Waals surface area contributed by atoms with Crippen LogP contribution in [0.25, 0.3) is 11.1 Å². The van der Waals surface area contributed by atoms with Gasteiger partial charge in [0.25, 0.3) is 5.91 Å². The Morgan fingerprint density at radius 1 is 1.03 bits per heavy atom. The van der Waals surface area contributed by atoms with Crippen molar-refractivity contribution in [2.24, 2.45) is 0 Å². The fourth-order valence-electron chi connectivity index (χ4n) is 3.59. The number of hydrogen-bond acceptors (Lipinski definition) is 3. The van der Waals surface area contributed by atoms with Crippen molar-refractivity contribution in [3.05, 3.63) is 89.2 Å². The molecule has 5 heteroatoms. The van der Waals surface area contributed by atoms with E-state index < -0.39 is 11.7 Å². The first-order valence-corrected chi connectivity index (χ1v) is 9.45. The van der Waals surface area contributed by atoms with Crippen molar-refractivity contribution in [2.75, 3.05) is 6.54 Å². The molecule has 0 spiro atoms. The van der Waals surface area contributed by atoms with Gasteiger partial charge in [0.1, 0.15) is 17.7 Å². The minimum atomic E-state index is -0.547. The first-order valence-electron chi connectivity index (χ1n) is 9.45. The highest BCUT2D eigenvalue weighted by atomic mass is 19.1. The molecule has 29 heavy (non-hydrogen) atoms. The normalized spacial score (nSPS) is 14.8. The Morgan fingerprint density at radius 3 is 2.52 bits per heavy atom. The van der Waals surface area contributed by atoms with E-state index >= 15 is 0 Å². The highest BCUT2D eigenvalue weighted by molar-refractivity contribution is 6.00. The van der Waals surface area contributed by atoms with Crippen LogP contribution < -0.4 is 10.1 Å². The fourth-order valence-corrected chi connectivity index (χ4v) is 3.59. The lowest BCUT2D eigenvalue weighted by molar-refractivity contribution is 0.0929. The molecule has 4 nitrogen and oxygen atoms in total. The largest absolute Gasteiger partial charge is 0.488 e. The molecule has 0 aliphatic carbocycles. The van der Waals surface area contributed by atoms with E-state index in [2.05, 4.69) is 5.32 Å².